The minimum absolute atomic E-state index is 0.0909. The summed E-state index contributed by atoms with van der Waals surface area (Å²) in [4.78, 5) is 31.1. The number of thiophene rings is 1. The molecule has 1 fully saturated rings. The van der Waals surface area contributed by atoms with Gasteiger partial charge in [-0.3, -0.25) is 9.59 Å². The molecule has 2 N–H and O–H groups in total. The van der Waals surface area contributed by atoms with E-state index < -0.39 is 0 Å². The predicted octanol–water partition coefficient (Wildman–Crippen LogP) is 4.15. The van der Waals surface area contributed by atoms with Crippen LogP contribution < -0.4 is 10.9 Å². The summed E-state index contributed by atoms with van der Waals surface area (Å²) in [5.74, 6) is 1.42. The van der Waals surface area contributed by atoms with E-state index in [2.05, 4.69) is 35.1 Å². The Bertz CT molecular complexity index is 1090. The molecule has 0 bridgehead atoms. The van der Waals surface area contributed by atoms with Gasteiger partial charge in [-0.1, -0.05) is 25.5 Å². The van der Waals surface area contributed by atoms with Crippen molar-refractivity contribution in [2.24, 2.45) is 11.8 Å². The van der Waals surface area contributed by atoms with Crippen molar-refractivity contribution in [3.8, 4) is 0 Å². The number of pyridine rings is 1. The fourth-order valence-corrected chi connectivity index (χ4v) is 5.68. The van der Waals surface area contributed by atoms with Crippen LogP contribution in [0.1, 0.15) is 41.9 Å². The number of likely N-dealkylation sites (tertiary alicyclic amines) is 1. The molecule has 6 heteroatoms. The number of aryl methyl sites for hydroxylation is 1. The van der Waals surface area contributed by atoms with Gasteiger partial charge in [-0.05, 0) is 56.3 Å². The van der Waals surface area contributed by atoms with E-state index in [0.29, 0.717) is 16.8 Å². The first-order valence-corrected chi connectivity index (χ1v) is 11.3. The molecule has 2 atom stereocenters. The maximum Gasteiger partial charge on any atom is 0.261 e. The standard InChI is InChI=1S/C23H29N3O2S/c1-14-5-6-19-17(10-14)21-18(22(27)25-19)11-20(29-21)23(28)24-7-4-8-26-12-15(2)9-16(3)13-26/h5-6,10-11,15-16H,4,7-9,12-13H2,1-3H3,(H,24,28)(H,25,27)/t15-,16-/m0/s1. The van der Waals surface area contributed by atoms with E-state index >= 15 is 0 Å². The zero-order chi connectivity index (χ0) is 20.5. The summed E-state index contributed by atoms with van der Waals surface area (Å²) in [7, 11) is 0. The number of benzene rings is 1. The molecule has 3 aromatic rings. The molecule has 0 unspecified atom stereocenters. The van der Waals surface area contributed by atoms with Crippen molar-refractivity contribution in [1.82, 2.24) is 15.2 Å². The molecule has 1 aliphatic heterocycles. The first kappa shape index (κ1) is 20.1. The van der Waals surface area contributed by atoms with E-state index in [-0.39, 0.29) is 11.5 Å². The van der Waals surface area contributed by atoms with E-state index in [1.54, 1.807) is 6.07 Å². The summed E-state index contributed by atoms with van der Waals surface area (Å²) in [6.45, 7) is 10.7. The van der Waals surface area contributed by atoms with Crippen LogP contribution in [0.2, 0.25) is 0 Å². The lowest BCUT2D eigenvalue weighted by Gasteiger charge is -2.34. The third kappa shape index (κ3) is 4.38. The summed E-state index contributed by atoms with van der Waals surface area (Å²) in [6, 6.07) is 7.69. The Kier molecular flexibility index (Phi) is 5.74. The van der Waals surface area contributed by atoms with Crippen molar-refractivity contribution in [1.29, 1.82) is 0 Å². The molecule has 29 heavy (non-hydrogen) atoms. The third-order valence-corrected chi connectivity index (χ3v) is 6.92. The average Bonchev–Trinajstić information content (AvgIpc) is 3.12. The van der Waals surface area contributed by atoms with Crippen molar-refractivity contribution in [3.63, 3.8) is 0 Å². The van der Waals surface area contributed by atoms with Gasteiger partial charge in [0.2, 0.25) is 0 Å². The van der Waals surface area contributed by atoms with Gasteiger partial charge < -0.3 is 15.2 Å². The molecule has 1 saturated heterocycles. The second kappa shape index (κ2) is 8.28. The Balaban J connectivity index is 1.42. The topological polar surface area (TPSA) is 65.2 Å². The van der Waals surface area contributed by atoms with Gasteiger partial charge in [0.1, 0.15) is 0 Å². The highest BCUT2D eigenvalue weighted by molar-refractivity contribution is 7.21. The van der Waals surface area contributed by atoms with Crippen molar-refractivity contribution in [2.45, 2.75) is 33.6 Å². The zero-order valence-corrected chi connectivity index (χ0v) is 18.2. The molecular weight excluding hydrogens is 382 g/mol. The Hall–Kier alpha value is -2.18. The van der Waals surface area contributed by atoms with Gasteiger partial charge in [-0.15, -0.1) is 11.3 Å². The highest BCUT2D eigenvalue weighted by Gasteiger charge is 2.21. The lowest BCUT2D eigenvalue weighted by atomic mass is 9.92. The number of nitrogens with zero attached hydrogens (tertiary/aromatic N) is 1. The number of aromatic amines is 1. The Labute approximate surface area is 175 Å². The van der Waals surface area contributed by atoms with Crippen LogP contribution in [0.4, 0.5) is 0 Å². The molecule has 4 rings (SSSR count). The second-order valence-electron chi connectivity index (χ2n) is 8.67. The highest BCUT2D eigenvalue weighted by Crippen LogP contribution is 2.30. The number of H-pyrrole nitrogens is 1. The molecule has 3 heterocycles. The normalized spacial score (nSPS) is 20.4. The SMILES string of the molecule is Cc1ccc2[nH]c(=O)c3cc(C(=O)NCCCN4C[C@@H](C)C[C@H](C)C4)sc3c2c1. The lowest BCUT2D eigenvalue weighted by molar-refractivity contribution is 0.0951. The fourth-order valence-electron chi connectivity index (χ4n) is 4.58. The van der Waals surface area contributed by atoms with Crippen LogP contribution in [0.3, 0.4) is 0 Å². The molecule has 0 radical (unpaired) electrons. The van der Waals surface area contributed by atoms with Crippen molar-refractivity contribution >= 4 is 38.2 Å². The molecule has 0 saturated carbocycles. The Morgan fingerprint density at radius 1 is 1.21 bits per heavy atom. The van der Waals surface area contributed by atoms with Crippen LogP contribution >= 0.6 is 11.3 Å². The number of rotatable bonds is 5. The first-order valence-electron chi connectivity index (χ1n) is 10.5. The quantitative estimate of drug-likeness (QED) is 0.620. The summed E-state index contributed by atoms with van der Waals surface area (Å²) in [5.41, 5.74) is 1.80. The number of aromatic nitrogens is 1. The van der Waals surface area contributed by atoms with Crippen LogP contribution in [0.25, 0.3) is 21.0 Å². The average molecular weight is 412 g/mol. The third-order valence-electron chi connectivity index (χ3n) is 5.75. The minimum atomic E-state index is -0.139. The molecule has 2 aromatic heterocycles. The first-order chi connectivity index (χ1) is 13.9. The largest absolute Gasteiger partial charge is 0.351 e. The van der Waals surface area contributed by atoms with Gasteiger partial charge in [0, 0.05) is 35.2 Å². The lowest BCUT2D eigenvalue weighted by Crippen LogP contribution is -2.40. The van der Waals surface area contributed by atoms with Gasteiger partial charge in [-0.25, -0.2) is 0 Å². The van der Waals surface area contributed by atoms with Gasteiger partial charge in [-0.2, -0.15) is 0 Å². The van der Waals surface area contributed by atoms with E-state index in [9.17, 15) is 9.59 Å². The van der Waals surface area contributed by atoms with E-state index in [4.69, 9.17) is 0 Å². The maximum absolute atomic E-state index is 12.7. The summed E-state index contributed by atoms with van der Waals surface area (Å²) >= 11 is 1.40. The maximum atomic E-state index is 12.7. The molecule has 1 aromatic carbocycles. The monoisotopic (exact) mass is 411 g/mol. The molecule has 1 amide bonds. The summed E-state index contributed by atoms with van der Waals surface area (Å²) in [6.07, 6.45) is 2.26. The number of nitrogens with one attached hydrogen (secondary N) is 2. The molecule has 5 nitrogen and oxygen atoms in total. The highest BCUT2D eigenvalue weighted by atomic mass is 32.1. The zero-order valence-electron chi connectivity index (χ0n) is 17.4. The van der Waals surface area contributed by atoms with Crippen molar-refractivity contribution < 1.29 is 4.79 Å². The van der Waals surface area contributed by atoms with Crippen LogP contribution in [0, 0.1) is 18.8 Å². The number of amides is 1. The minimum Gasteiger partial charge on any atom is -0.351 e. The van der Waals surface area contributed by atoms with Crippen LogP contribution in [0.5, 0.6) is 0 Å². The number of piperidine rings is 1. The predicted molar refractivity (Wildman–Crippen MR) is 121 cm³/mol. The summed E-state index contributed by atoms with van der Waals surface area (Å²) in [5, 5.41) is 4.62. The van der Waals surface area contributed by atoms with Crippen LogP contribution in [-0.4, -0.2) is 42.0 Å². The van der Waals surface area contributed by atoms with Crippen LogP contribution in [0.15, 0.2) is 29.1 Å². The van der Waals surface area contributed by atoms with E-state index in [0.717, 1.165) is 59.1 Å². The molecule has 0 spiro atoms. The van der Waals surface area contributed by atoms with Gasteiger partial charge >= 0.3 is 0 Å². The fraction of sp³-hybridized carbons (Fsp3) is 0.478. The van der Waals surface area contributed by atoms with Gasteiger partial charge in [0.05, 0.1) is 10.3 Å². The number of fused-ring (bicyclic) bond motifs is 3. The van der Waals surface area contributed by atoms with Gasteiger partial charge in [0.25, 0.3) is 11.5 Å². The van der Waals surface area contributed by atoms with E-state index in [1.165, 1.54) is 17.8 Å². The van der Waals surface area contributed by atoms with Gasteiger partial charge in [0.15, 0.2) is 0 Å². The molecule has 154 valence electrons. The Morgan fingerprint density at radius 3 is 2.72 bits per heavy atom. The molecule has 0 aliphatic carbocycles. The number of carbonyl (C=O) groups excluding carboxylic acids is 1. The van der Waals surface area contributed by atoms with Crippen molar-refractivity contribution in [2.75, 3.05) is 26.2 Å². The van der Waals surface area contributed by atoms with Crippen molar-refractivity contribution in [3.05, 3.63) is 45.1 Å². The number of carbonyl (C=O) groups is 1. The van der Waals surface area contributed by atoms with Crippen LogP contribution in [-0.2, 0) is 0 Å². The smallest absolute Gasteiger partial charge is 0.261 e. The molecular formula is C23H29N3O2S. The van der Waals surface area contributed by atoms with E-state index in [1.807, 2.05) is 19.1 Å². The summed E-state index contributed by atoms with van der Waals surface area (Å²) < 4.78 is 0.883. The Morgan fingerprint density at radius 2 is 1.97 bits per heavy atom. The molecule has 1 aliphatic rings. The number of hydrogen-bond acceptors (Lipinski definition) is 4. The second-order valence-corrected chi connectivity index (χ2v) is 9.72. The number of hydrogen-bond donors (Lipinski definition) is 2.